The van der Waals surface area contributed by atoms with Crippen LogP contribution in [-0.4, -0.2) is 10.8 Å². The van der Waals surface area contributed by atoms with E-state index < -0.39 is 4.92 Å². The summed E-state index contributed by atoms with van der Waals surface area (Å²) in [5, 5.41) is 13.1. The molecule has 1 amide bonds. The number of hydrogen-bond acceptors (Lipinski definition) is 3. The molecule has 5 nitrogen and oxygen atoms in total. The van der Waals surface area contributed by atoms with E-state index in [0.29, 0.717) is 12.1 Å². The lowest BCUT2D eigenvalue weighted by Crippen LogP contribution is -2.08. The Kier molecular flexibility index (Phi) is 3.38. The van der Waals surface area contributed by atoms with Gasteiger partial charge in [0.15, 0.2) is 0 Å². The van der Waals surface area contributed by atoms with Crippen molar-refractivity contribution < 1.29 is 9.72 Å². The summed E-state index contributed by atoms with van der Waals surface area (Å²) < 4.78 is 0. The number of amides is 1. The van der Waals surface area contributed by atoms with Crippen molar-refractivity contribution in [3.63, 3.8) is 0 Å². The molecule has 0 radical (unpaired) electrons. The Labute approximate surface area is 87.3 Å². The smallest absolute Gasteiger partial charge is 0.269 e. The highest BCUT2D eigenvalue weighted by molar-refractivity contribution is 5.89. The lowest BCUT2D eigenvalue weighted by molar-refractivity contribution is -0.384. The fourth-order valence-corrected chi connectivity index (χ4v) is 1.30. The van der Waals surface area contributed by atoms with E-state index in [1.807, 2.05) is 6.92 Å². The van der Waals surface area contributed by atoms with Gasteiger partial charge in [0, 0.05) is 24.7 Å². The number of non-ortho nitro benzene ring substituents is 1. The third-order valence-electron chi connectivity index (χ3n) is 1.99. The Balaban J connectivity index is 3.08. The first kappa shape index (κ1) is 11.2. The average Bonchev–Trinajstić information content (AvgIpc) is 2.17. The molecule has 0 spiro atoms. The Hall–Kier alpha value is -1.91. The van der Waals surface area contributed by atoms with Crippen LogP contribution in [0, 0.1) is 10.1 Å². The zero-order valence-corrected chi connectivity index (χ0v) is 8.61. The number of carbonyl (C=O) groups excluding carboxylic acids is 1. The van der Waals surface area contributed by atoms with Crippen molar-refractivity contribution in [1.82, 2.24) is 0 Å². The standard InChI is InChI=1S/C10H12N2O3/c1-3-8-6-9(12(14)15)4-5-10(8)11-7(2)13/h4-6H,3H2,1-2H3,(H,11,13). The largest absolute Gasteiger partial charge is 0.326 e. The minimum atomic E-state index is -0.448. The van der Waals surface area contributed by atoms with Crippen LogP contribution in [0.25, 0.3) is 0 Å². The number of anilines is 1. The maximum atomic E-state index is 10.9. The molecule has 0 aliphatic heterocycles. The molecule has 0 aliphatic rings. The van der Waals surface area contributed by atoms with Crippen LogP contribution in [-0.2, 0) is 11.2 Å². The molecule has 1 rings (SSSR count). The summed E-state index contributed by atoms with van der Waals surface area (Å²) >= 11 is 0. The first-order chi connectivity index (χ1) is 7.04. The summed E-state index contributed by atoms with van der Waals surface area (Å²) in [6.07, 6.45) is 0.636. The molecule has 0 saturated heterocycles. The van der Waals surface area contributed by atoms with Crippen LogP contribution in [0.5, 0.6) is 0 Å². The molecule has 0 aliphatic carbocycles. The van der Waals surface area contributed by atoms with Crippen molar-refractivity contribution in [2.75, 3.05) is 5.32 Å². The lowest BCUT2D eigenvalue weighted by Gasteiger charge is -2.07. The minimum Gasteiger partial charge on any atom is -0.326 e. The Morgan fingerprint density at radius 1 is 1.53 bits per heavy atom. The van der Waals surface area contributed by atoms with Crippen molar-refractivity contribution in [1.29, 1.82) is 0 Å². The summed E-state index contributed by atoms with van der Waals surface area (Å²) in [5.74, 6) is -0.182. The summed E-state index contributed by atoms with van der Waals surface area (Å²) in [5.41, 5.74) is 1.44. The number of nitro benzene ring substituents is 1. The molecule has 0 saturated carbocycles. The monoisotopic (exact) mass is 208 g/mol. The first-order valence-electron chi connectivity index (χ1n) is 4.59. The molecule has 0 heterocycles. The van der Waals surface area contributed by atoms with E-state index >= 15 is 0 Å². The van der Waals surface area contributed by atoms with Crippen molar-refractivity contribution in [3.8, 4) is 0 Å². The van der Waals surface area contributed by atoms with E-state index in [-0.39, 0.29) is 11.6 Å². The highest BCUT2D eigenvalue weighted by Gasteiger charge is 2.09. The number of benzene rings is 1. The number of hydrogen-bond donors (Lipinski definition) is 1. The molecule has 1 N–H and O–H groups in total. The molecule has 0 bridgehead atoms. The van der Waals surface area contributed by atoms with E-state index in [2.05, 4.69) is 5.32 Å². The zero-order valence-electron chi connectivity index (χ0n) is 8.61. The van der Waals surface area contributed by atoms with Gasteiger partial charge >= 0.3 is 0 Å². The van der Waals surface area contributed by atoms with Crippen LogP contribution in [0.4, 0.5) is 11.4 Å². The lowest BCUT2D eigenvalue weighted by atomic mass is 10.1. The summed E-state index contributed by atoms with van der Waals surface area (Å²) in [4.78, 5) is 20.9. The van der Waals surface area contributed by atoms with Gasteiger partial charge < -0.3 is 5.32 Å². The quantitative estimate of drug-likeness (QED) is 0.610. The van der Waals surface area contributed by atoms with Gasteiger partial charge in [-0.2, -0.15) is 0 Å². The first-order valence-corrected chi connectivity index (χ1v) is 4.59. The third-order valence-corrected chi connectivity index (χ3v) is 1.99. The van der Waals surface area contributed by atoms with Gasteiger partial charge in [-0.15, -0.1) is 0 Å². The molecule has 80 valence electrons. The molecule has 5 heteroatoms. The minimum absolute atomic E-state index is 0.0425. The highest BCUT2D eigenvalue weighted by atomic mass is 16.6. The van der Waals surface area contributed by atoms with Gasteiger partial charge in [0.1, 0.15) is 0 Å². The summed E-state index contributed by atoms with van der Waals surface area (Å²) in [6, 6.07) is 4.41. The predicted molar refractivity (Wildman–Crippen MR) is 56.8 cm³/mol. The fourth-order valence-electron chi connectivity index (χ4n) is 1.30. The summed E-state index contributed by atoms with van der Waals surface area (Å²) in [7, 11) is 0. The number of rotatable bonds is 3. The summed E-state index contributed by atoms with van der Waals surface area (Å²) in [6.45, 7) is 3.28. The van der Waals surface area contributed by atoms with Crippen molar-refractivity contribution in [2.45, 2.75) is 20.3 Å². The Morgan fingerprint density at radius 2 is 2.20 bits per heavy atom. The van der Waals surface area contributed by atoms with Crippen molar-refractivity contribution in [3.05, 3.63) is 33.9 Å². The number of carbonyl (C=O) groups is 1. The van der Waals surface area contributed by atoms with E-state index in [1.54, 1.807) is 6.07 Å². The van der Waals surface area contributed by atoms with Gasteiger partial charge in [-0.1, -0.05) is 6.92 Å². The van der Waals surface area contributed by atoms with Gasteiger partial charge in [-0.3, -0.25) is 14.9 Å². The third kappa shape index (κ3) is 2.77. The van der Waals surface area contributed by atoms with Crippen LogP contribution in [0.1, 0.15) is 19.4 Å². The molecular weight excluding hydrogens is 196 g/mol. The second-order valence-electron chi connectivity index (χ2n) is 3.13. The zero-order chi connectivity index (χ0) is 11.4. The van der Waals surface area contributed by atoms with Crippen molar-refractivity contribution >= 4 is 17.3 Å². The number of nitro groups is 1. The average molecular weight is 208 g/mol. The van der Waals surface area contributed by atoms with Gasteiger partial charge in [0.2, 0.25) is 5.91 Å². The highest BCUT2D eigenvalue weighted by Crippen LogP contribution is 2.22. The van der Waals surface area contributed by atoms with E-state index in [0.717, 1.165) is 5.56 Å². The molecule has 0 unspecified atom stereocenters. The SMILES string of the molecule is CCc1cc([N+](=O)[O-])ccc1NC(C)=O. The molecule has 0 aromatic heterocycles. The molecule has 1 aromatic carbocycles. The maximum absolute atomic E-state index is 10.9. The van der Waals surface area contributed by atoms with E-state index in [4.69, 9.17) is 0 Å². The van der Waals surface area contributed by atoms with Crippen LogP contribution in [0.15, 0.2) is 18.2 Å². The van der Waals surface area contributed by atoms with E-state index in [9.17, 15) is 14.9 Å². The molecule has 15 heavy (non-hydrogen) atoms. The second-order valence-corrected chi connectivity index (χ2v) is 3.13. The number of nitrogens with one attached hydrogen (secondary N) is 1. The Bertz CT molecular complexity index is 402. The van der Waals surface area contributed by atoms with E-state index in [1.165, 1.54) is 19.1 Å². The topological polar surface area (TPSA) is 72.2 Å². The van der Waals surface area contributed by atoms with Gasteiger partial charge in [-0.25, -0.2) is 0 Å². The Morgan fingerprint density at radius 3 is 2.67 bits per heavy atom. The van der Waals surface area contributed by atoms with Crippen LogP contribution >= 0.6 is 0 Å². The fraction of sp³-hybridized carbons (Fsp3) is 0.300. The number of nitrogens with zero attached hydrogens (tertiary/aromatic N) is 1. The maximum Gasteiger partial charge on any atom is 0.269 e. The predicted octanol–water partition coefficient (Wildman–Crippen LogP) is 2.12. The van der Waals surface area contributed by atoms with Crippen LogP contribution in [0.3, 0.4) is 0 Å². The normalized spacial score (nSPS) is 9.73. The molecular formula is C10H12N2O3. The van der Waals surface area contributed by atoms with Gasteiger partial charge in [0.25, 0.3) is 5.69 Å². The van der Waals surface area contributed by atoms with Gasteiger partial charge in [0.05, 0.1) is 4.92 Å². The molecule has 0 fully saturated rings. The van der Waals surface area contributed by atoms with Crippen molar-refractivity contribution in [2.24, 2.45) is 0 Å². The van der Waals surface area contributed by atoms with Crippen LogP contribution < -0.4 is 5.32 Å². The second kappa shape index (κ2) is 4.54. The van der Waals surface area contributed by atoms with Gasteiger partial charge in [-0.05, 0) is 18.1 Å². The molecule has 1 aromatic rings. The number of aryl methyl sites for hydroxylation is 1. The van der Waals surface area contributed by atoms with Crippen LogP contribution in [0.2, 0.25) is 0 Å². The molecule has 0 atom stereocenters.